The van der Waals surface area contributed by atoms with E-state index in [4.69, 9.17) is 0 Å². The van der Waals surface area contributed by atoms with Crippen LogP contribution in [0.3, 0.4) is 0 Å². The molecule has 0 unspecified atom stereocenters. The number of nitrogens with zero attached hydrogens (tertiary/aromatic N) is 2. The standard InChI is InChI=1S/C52H34F6N2/c1-31-12-3-5-16-38(31)33-22-24-42-40-18-7-9-20-44(40)59(46(42)27-33)48-29-37(52(56,57)58)30-49(50(48)35-14-11-15-36(26-35)51(53,54)55)60-45-21-10-8-19-41(45)43-25-23-34(28-47(43)60)39-17-6-4-13-32(39)2/h3-30H,1-2H3. The minimum Gasteiger partial charge on any atom is -0.309 e. The molecule has 60 heavy (non-hydrogen) atoms. The zero-order valence-electron chi connectivity index (χ0n) is 32.3. The van der Waals surface area contributed by atoms with Gasteiger partial charge in [0.15, 0.2) is 0 Å². The van der Waals surface area contributed by atoms with Gasteiger partial charge in [-0.25, -0.2) is 0 Å². The van der Waals surface area contributed by atoms with Crippen LogP contribution in [0.5, 0.6) is 0 Å². The van der Waals surface area contributed by atoms with Gasteiger partial charge < -0.3 is 9.13 Å². The van der Waals surface area contributed by atoms with Crippen LogP contribution in [0.25, 0.3) is 88.4 Å². The zero-order chi connectivity index (χ0) is 41.5. The van der Waals surface area contributed by atoms with E-state index in [9.17, 15) is 13.2 Å². The van der Waals surface area contributed by atoms with Crippen LogP contribution in [0.1, 0.15) is 22.3 Å². The molecule has 0 bridgehead atoms. The highest BCUT2D eigenvalue weighted by Gasteiger charge is 2.35. The minimum absolute atomic E-state index is 0.0910. The molecule has 0 spiro atoms. The number of hydrogen-bond donors (Lipinski definition) is 0. The Morgan fingerprint density at radius 3 is 1.25 bits per heavy atom. The Hall–Kier alpha value is -7.06. The fraction of sp³-hybridized carbons (Fsp3) is 0.0769. The van der Waals surface area contributed by atoms with Crippen LogP contribution in [0.2, 0.25) is 0 Å². The Morgan fingerprint density at radius 1 is 0.350 bits per heavy atom. The second kappa shape index (κ2) is 13.8. The van der Waals surface area contributed by atoms with Crippen molar-refractivity contribution in [3.8, 4) is 44.8 Å². The molecule has 0 aliphatic heterocycles. The molecule has 0 fully saturated rings. The lowest BCUT2D eigenvalue weighted by Crippen LogP contribution is -2.11. The molecule has 0 aliphatic rings. The summed E-state index contributed by atoms with van der Waals surface area (Å²) < 4.78 is 94.0. The quantitative estimate of drug-likeness (QED) is 0.153. The van der Waals surface area contributed by atoms with E-state index in [0.29, 0.717) is 22.1 Å². The highest BCUT2D eigenvalue weighted by Crippen LogP contribution is 2.47. The van der Waals surface area contributed by atoms with Gasteiger partial charge in [-0.15, -0.1) is 0 Å². The summed E-state index contributed by atoms with van der Waals surface area (Å²) in [6.45, 7) is 3.99. The van der Waals surface area contributed by atoms with Crippen molar-refractivity contribution in [2.24, 2.45) is 0 Å². The van der Waals surface area contributed by atoms with Gasteiger partial charge in [-0.05, 0) is 101 Å². The Balaban J connectivity index is 1.40. The van der Waals surface area contributed by atoms with E-state index in [1.165, 1.54) is 6.07 Å². The third kappa shape index (κ3) is 6.05. The van der Waals surface area contributed by atoms with Crippen molar-refractivity contribution in [2.45, 2.75) is 26.2 Å². The Labute approximate surface area is 341 Å². The summed E-state index contributed by atoms with van der Waals surface area (Å²) in [5.74, 6) is 0. The first-order valence-corrected chi connectivity index (χ1v) is 19.5. The van der Waals surface area contributed by atoms with E-state index >= 15 is 13.2 Å². The van der Waals surface area contributed by atoms with Crippen LogP contribution in [-0.4, -0.2) is 9.13 Å². The molecule has 0 amide bonds. The molecule has 8 aromatic carbocycles. The molecule has 0 radical (unpaired) electrons. The van der Waals surface area contributed by atoms with Crippen LogP contribution < -0.4 is 0 Å². The smallest absolute Gasteiger partial charge is 0.309 e. The third-order valence-corrected chi connectivity index (χ3v) is 11.6. The van der Waals surface area contributed by atoms with Gasteiger partial charge >= 0.3 is 12.4 Å². The van der Waals surface area contributed by atoms with Gasteiger partial charge in [-0.1, -0.05) is 121 Å². The van der Waals surface area contributed by atoms with E-state index in [1.54, 1.807) is 15.2 Å². The van der Waals surface area contributed by atoms with E-state index in [0.717, 1.165) is 79.2 Å². The Morgan fingerprint density at radius 2 is 0.783 bits per heavy atom. The second-order valence-electron chi connectivity index (χ2n) is 15.3. The molecule has 0 saturated heterocycles. The van der Waals surface area contributed by atoms with E-state index < -0.39 is 23.5 Å². The van der Waals surface area contributed by atoms with Crippen LogP contribution >= 0.6 is 0 Å². The van der Waals surface area contributed by atoms with E-state index in [-0.39, 0.29) is 22.5 Å². The predicted molar refractivity (Wildman–Crippen MR) is 231 cm³/mol. The third-order valence-electron chi connectivity index (χ3n) is 11.6. The number of alkyl halides is 6. The lowest BCUT2D eigenvalue weighted by atomic mass is 9.95. The first-order chi connectivity index (χ1) is 28.9. The first kappa shape index (κ1) is 37.2. The van der Waals surface area contributed by atoms with E-state index in [1.807, 2.05) is 147 Å². The van der Waals surface area contributed by atoms with Gasteiger partial charge in [0.05, 0.1) is 44.6 Å². The van der Waals surface area contributed by atoms with Crippen molar-refractivity contribution in [2.75, 3.05) is 0 Å². The average Bonchev–Trinajstić information content (AvgIpc) is 3.75. The fourth-order valence-electron chi connectivity index (χ4n) is 8.86. The highest BCUT2D eigenvalue weighted by molar-refractivity contribution is 6.13. The molecule has 10 aromatic rings. The Bertz CT molecular complexity index is 3140. The zero-order valence-corrected chi connectivity index (χ0v) is 32.3. The number of benzene rings is 8. The maximum absolute atomic E-state index is 15.5. The number of aryl methyl sites for hydroxylation is 2. The summed E-state index contributed by atoms with van der Waals surface area (Å²) in [6.07, 6.45) is -9.54. The molecule has 10 rings (SSSR count). The van der Waals surface area contributed by atoms with Gasteiger partial charge in [0.2, 0.25) is 0 Å². The molecule has 294 valence electrons. The van der Waals surface area contributed by atoms with Gasteiger partial charge in [0.25, 0.3) is 0 Å². The lowest BCUT2D eigenvalue weighted by Gasteiger charge is -2.23. The SMILES string of the molecule is Cc1ccccc1-c1ccc2c3ccccc3n(-c3cc(C(F)(F)F)cc(-n4c5ccccc5c5ccc(-c6ccccc6C)cc54)c3-c3cccc(C(F)(F)F)c3)c2c1. The monoisotopic (exact) mass is 800 g/mol. The highest BCUT2D eigenvalue weighted by atomic mass is 19.4. The van der Waals surface area contributed by atoms with Gasteiger partial charge in [-0.2, -0.15) is 26.3 Å². The van der Waals surface area contributed by atoms with Crippen molar-refractivity contribution >= 4 is 43.6 Å². The normalized spacial score (nSPS) is 12.3. The number of rotatable bonds is 5. The first-order valence-electron chi connectivity index (χ1n) is 19.5. The molecule has 8 heteroatoms. The fourth-order valence-corrected chi connectivity index (χ4v) is 8.86. The second-order valence-corrected chi connectivity index (χ2v) is 15.3. The molecule has 0 N–H and O–H groups in total. The maximum atomic E-state index is 15.5. The van der Waals surface area contributed by atoms with Crippen molar-refractivity contribution in [1.82, 2.24) is 9.13 Å². The predicted octanol–water partition coefficient (Wildman–Crippen LogP) is 15.5. The average molecular weight is 801 g/mol. The van der Waals surface area contributed by atoms with Gasteiger partial charge in [0, 0.05) is 27.1 Å². The Kier molecular flexibility index (Phi) is 8.54. The summed E-state index contributed by atoms with van der Waals surface area (Å²) in [6, 6.07) is 49.5. The molecule has 0 atom stereocenters. The molecule has 2 nitrogen and oxygen atoms in total. The van der Waals surface area contributed by atoms with Crippen molar-refractivity contribution in [3.05, 3.63) is 192 Å². The largest absolute Gasteiger partial charge is 0.416 e. The molecule has 2 heterocycles. The minimum atomic E-state index is -4.83. The van der Waals surface area contributed by atoms with Crippen LogP contribution in [0.4, 0.5) is 26.3 Å². The topological polar surface area (TPSA) is 9.86 Å². The molecular formula is C52H34F6N2. The number of para-hydroxylation sites is 2. The number of halogens is 6. The van der Waals surface area contributed by atoms with Crippen LogP contribution in [0.15, 0.2) is 170 Å². The van der Waals surface area contributed by atoms with Crippen molar-refractivity contribution in [1.29, 1.82) is 0 Å². The molecule has 0 aliphatic carbocycles. The lowest BCUT2D eigenvalue weighted by molar-refractivity contribution is -0.138. The van der Waals surface area contributed by atoms with Gasteiger partial charge in [0.1, 0.15) is 0 Å². The molecular weight excluding hydrogens is 767 g/mol. The van der Waals surface area contributed by atoms with Crippen LogP contribution in [-0.2, 0) is 12.4 Å². The summed E-state index contributed by atoms with van der Waals surface area (Å²) in [5.41, 5.74) is 6.73. The van der Waals surface area contributed by atoms with Crippen molar-refractivity contribution < 1.29 is 26.3 Å². The molecule has 2 aromatic heterocycles. The van der Waals surface area contributed by atoms with E-state index in [2.05, 4.69) is 0 Å². The molecule has 0 saturated carbocycles. The number of aromatic nitrogens is 2. The maximum Gasteiger partial charge on any atom is 0.416 e. The number of fused-ring (bicyclic) bond motifs is 6. The summed E-state index contributed by atoms with van der Waals surface area (Å²) >= 11 is 0. The summed E-state index contributed by atoms with van der Waals surface area (Å²) in [7, 11) is 0. The van der Waals surface area contributed by atoms with Crippen molar-refractivity contribution in [3.63, 3.8) is 0 Å². The van der Waals surface area contributed by atoms with Crippen LogP contribution in [0, 0.1) is 13.8 Å². The van der Waals surface area contributed by atoms with Gasteiger partial charge in [-0.3, -0.25) is 0 Å². The number of hydrogen-bond acceptors (Lipinski definition) is 0. The summed E-state index contributed by atoms with van der Waals surface area (Å²) in [4.78, 5) is 0. The summed E-state index contributed by atoms with van der Waals surface area (Å²) in [5, 5.41) is 3.16.